The number of hydrogen-bond donors (Lipinski definition) is 0. The van der Waals surface area contributed by atoms with Crippen molar-refractivity contribution in [3.8, 4) is 5.75 Å². The van der Waals surface area contributed by atoms with Gasteiger partial charge in [0.1, 0.15) is 12.4 Å². The summed E-state index contributed by atoms with van der Waals surface area (Å²) in [6, 6.07) is 7.95. The van der Waals surface area contributed by atoms with Crippen LogP contribution < -0.4 is 4.74 Å². The number of Topliss-reactive ketones (excluding diaryl/α,β-unsaturated/α-hetero) is 1. The molecule has 18 heavy (non-hydrogen) atoms. The number of aryl methyl sites for hydroxylation is 1. The molecule has 0 saturated carbocycles. The van der Waals surface area contributed by atoms with Crippen LogP contribution in [0.3, 0.4) is 0 Å². The van der Waals surface area contributed by atoms with Gasteiger partial charge in [-0.2, -0.15) is 0 Å². The molecule has 2 nitrogen and oxygen atoms in total. The van der Waals surface area contributed by atoms with Gasteiger partial charge in [0.2, 0.25) is 0 Å². The van der Waals surface area contributed by atoms with Gasteiger partial charge in [0, 0.05) is 5.92 Å². The van der Waals surface area contributed by atoms with Gasteiger partial charge in [0.25, 0.3) is 0 Å². The van der Waals surface area contributed by atoms with Crippen molar-refractivity contribution in [3.05, 3.63) is 29.8 Å². The lowest BCUT2D eigenvalue weighted by Crippen LogP contribution is -2.19. The van der Waals surface area contributed by atoms with Gasteiger partial charge in [-0.05, 0) is 30.5 Å². The third kappa shape index (κ3) is 4.91. The molecule has 1 atom stereocenters. The number of carbonyl (C=O) groups excluding carboxylic acids is 1. The Labute approximate surface area is 110 Å². The molecule has 1 rings (SSSR count). The quantitative estimate of drug-likeness (QED) is 0.694. The average Bonchev–Trinajstić information content (AvgIpc) is 2.42. The Kier molecular flexibility index (Phi) is 6.48. The summed E-state index contributed by atoms with van der Waals surface area (Å²) >= 11 is 0. The lowest BCUT2D eigenvalue weighted by Gasteiger charge is -2.11. The van der Waals surface area contributed by atoms with Gasteiger partial charge >= 0.3 is 0 Å². The molecule has 1 unspecified atom stereocenters. The first kappa shape index (κ1) is 14.7. The molecular formula is C16H24O2. The Hall–Kier alpha value is -1.31. The highest BCUT2D eigenvalue weighted by atomic mass is 16.5. The fourth-order valence-corrected chi connectivity index (χ4v) is 1.82. The van der Waals surface area contributed by atoms with E-state index in [1.54, 1.807) is 0 Å². The Bertz CT molecular complexity index is 371. The van der Waals surface area contributed by atoms with Gasteiger partial charge in [0.15, 0.2) is 5.78 Å². The Balaban J connectivity index is 2.41. The van der Waals surface area contributed by atoms with E-state index < -0.39 is 0 Å². The van der Waals surface area contributed by atoms with Crippen LogP contribution in [0.5, 0.6) is 5.75 Å². The van der Waals surface area contributed by atoms with E-state index in [9.17, 15) is 4.79 Å². The van der Waals surface area contributed by atoms with Crippen LogP contribution in [0.2, 0.25) is 0 Å². The first-order valence-corrected chi connectivity index (χ1v) is 6.91. The van der Waals surface area contributed by atoms with Gasteiger partial charge in [-0.3, -0.25) is 4.79 Å². The zero-order valence-corrected chi connectivity index (χ0v) is 11.7. The van der Waals surface area contributed by atoms with Crippen LogP contribution in [-0.4, -0.2) is 12.4 Å². The zero-order chi connectivity index (χ0) is 13.4. The number of ether oxygens (including phenoxy) is 1. The summed E-state index contributed by atoms with van der Waals surface area (Å²) in [5.74, 6) is 1.11. The molecule has 1 aromatic rings. The van der Waals surface area contributed by atoms with E-state index in [1.165, 1.54) is 5.56 Å². The van der Waals surface area contributed by atoms with Crippen molar-refractivity contribution in [2.45, 2.75) is 46.5 Å². The van der Waals surface area contributed by atoms with Crippen molar-refractivity contribution < 1.29 is 9.53 Å². The van der Waals surface area contributed by atoms with Gasteiger partial charge < -0.3 is 4.74 Å². The molecule has 0 bridgehead atoms. The maximum atomic E-state index is 11.9. The number of ketones is 1. The molecule has 0 saturated heterocycles. The highest BCUT2D eigenvalue weighted by molar-refractivity contribution is 5.82. The molecule has 0 N–H and O–H groups in total. The number of unbranched alkanes of at least 4 members (excludes halogenated alkanes) is 1. The summed E-state index contributed by atoms with van der Waals surface area (Å²) < 4.78 is 5.56. The van der Waals surface area contributed by atoms with Crippen molar-refractivity contribution in [2.24, 2.45) is 5.92 Å². The zero-order valence-electron chi connectivity index (χ0n) is 11.7. The molecule has 0 aliphatic carbocycles. The fourth-order valence-electron chi connectivity index (χ4n) is 1.82. The molecule has 0 aromatic heterocycles. The summed E-state index contributed by atoms with van der Waals surface area (Å²) in [4.78, 5) is 11.9. The van der Waals surface area contributed by atoms with Crippen LogP contribution in [0.1, 0.15) is 45.6 Å². The van der Waals surface area contributed by atoms with Gasteiger partial charge in [0.05, 0.1) is 0 Å². The smallest absolute Gasteiger partial charge is 0.172 e. The monoisotopic (exact) mass is 248 g/mol. The minimum atomic E-state index is 0.110. The van der Waals surface area contributed by atoms with E-state index in [-0.39, 0.29) is 18.3 Å². The van der Waals surface area contributed by atoms with E-state index >= 15 is 0 Å². The molecule has 100 valence electrons. The van der Waals surface area contributed by atoms with E-state index in [0.29, 0.717) is 0 Å². The predicted octanol–water partition coefficient (Wildman–Crippen LogP) is 4.02. The van der Waals surface area contributed by atoms with Crippen LogP contribution >= 0.6 is 0 Å². The molecule has 0 heterocycles. The Morgan fingerprint density at radius 3 is 2.78 bits per heavy atom. The fraction of sp³-hybridized carbons (Fsp3) is 0.562. The van der Waals surface area contributed by atoms with Crippen molar-refractivity contribution in [2.75, 3.05) is 6.61 Å². The normalized spacial score (nSPS) is 12.2. The van der Waals surface area contributed by atoms with E-state index in [1.807, 2.05) is 25.1 Å². The molecular weight excluding hydrogens is 224 g/mol. The summed E-state index contributed by atoms with van der Waals surface area (Å²) in [6.45, 7) is 6.43. The Morgan fingerprint density at radius 1 is 1.33 bits per heavy atom. The number of hydrogen-bond acceptors (Lipinski definition) is 2. The molecule has 0 aliphatic rings. The largest absolute Gasteiger partial charge is 0.486 e. The van der Waals surface area contributed by atoms with Crippen molar-refractivity contribution >= 4 is 5.78 Å². The second-order valence-electron chi connectivity index (χ2n) is 4.80. The SMILES string of the molecule is CCCCC(C)C(=O)COc1cccc(CC)c1. The first-order chi connectivity index (χ1) is 8.67. The van der Waals surface area contributed by atoms with Gasteiger partial charge in [-0.15, -0.1) is 0 Å². The third-order valence-corrected chi connectivity index (χ3v) is 3.23. The molecule has 2 heteroatoms. The maximum Gasteiger partial charge on any atom is 0.172 e. The number of rotatable bonds is 8. The van der Waals surface area contributed by atoms with Crippen molar-refractivity contribution in [1.82, 2.24) is 0 Å². The molecule has 0 aliphatic heterocycles. The van der Waals surface area contributed by atoms with Crippen molar-refractivity contribution in [1.29, 1.82) is 0 Å². The average molecular weight is 248 g/mol. The summed E-state index contributed by atoms with van der Waals surface area (Å²) in [5, 5.41) is 0. The molecule has 1 aromatic carbocycles. The third-order valence-electron chi connectivity index (χ3n) is 3.23. The number of carbonyl (C=O) groups is 1. The number of benzene rings is 1. The molecule has 0 radical (unpaired) electrons. The van der Waals surface area contributed by atoms with Crippen LogP contribution in [0, 0.1) is 5.92 Å². The van der Waals surface area contributed by atoms with Crippen LogP contribution in [0.25, 0.3) is 0 Å². The standard InChI is InChI=1S/C16H24O2/c1-4-6-8-13(3)16(17)12-18-15-10-7-9-14(5-2)11-15/h7,9-11,13H,4-6,8,12H2,1-3H3. The van der Waals surface area contributed by atoms with Gasteiger partial charge in [-0.1, -0.05) is 45.7 Å². The van der Waals surface area contributed by atoms with E-state index in [4.69, 9.17) is 4.74 Å². The maximum absolute atomic E-state index is 11.9. The highest BCUT2D eigenvalue weighted by Gasteiger charge is 2.12. The van der Waals surface area contributed by atoms with Crippen LogP contribution in [0.4, 0.5) is 0 Å². The lowest BCUT2D eigenvalue weighted by molar-refractivity contribution is -0.124. The Morgan fingerprint density at radius 2 is 2.11 bits per heavy atom. The topological polar surface area (TPSA) is 26.3 Å². The van der Waals surface area contributed by atoms with Gasteiger partial charge in [-0.25, -0.2) is 0 Å². The van der Waals surface area contributed by atoms with E-state index in [2.05, 4.69) is 19.9 Å². The molecule has 0 amide bonds. The minimum Gasteiger partial charge on any atom is -0.486 e. The predicted molar refractivity (Wildman–Crippen MR) is 75.0 cm³/mol. The highest BCUT2D eigenvalue weighted by Crippen LogP contribution is 2.15. The summed E-state index contributed by atoms with van der Waals surface area (Å²) in [5.41, 5.74) is 1.24. The first-order valence-electron chi connectivity index (χ1n) is 6.91. The van der Waals surface area contributed by atoms with Crippen molar-refractivity contribution in [3.63, 3.8) is 0 Å². The summed E-state index contributed by atoms with van der Waals surface area (Å²) in [6.07, 6.45) is 4.20. The second kappa shape index (κ2) is 7.91. The van der Waals surface area contributed by atoms with E-state index in [0.717, 1.165) is 31.4 Å². The summed E-state index contributed by atoms with van der Waals surface area (Å²) in [7, 11) is 0. The minimum absolute atomic E-state index is 0.110. The molecule has 0 fully saturated rings. The molecule has 0 spiro atoms. The van der Waals surface area contributed by atoms with Crippen LogP contribution in [-0.2, 0) is 11.2 Å². The second-order valence-corrected chi connectivity index (χ2v) is 4.80. The van der Waals surface area contributed by atoms with Crippen LogP contribution in [0.15, 0.2) is 24.3 Å². The lowest BCUT2D eigenvalue weighted by atomic mass is 10.0.